The van der Waals surface area contributed by atoms with Gasteiger partial charge in [0.2, 0.25) is 0 Å². The van der Waals surface area contributed by atoms with Crippen molar-refractivity contribution in [3.05, 3.63) is 59.4 Å². The summed E-state index contributed by atoms with van der Waals surface area (Å²) in [7, 11) is 0. The van der Waals surface area contributed by atoms with Gasteiger partial charge in [0.15, 0.2) is 6.61 Å². The molecule has 1 heterocycles. The predicted molar refractivity (Wildman–Crippen MR) is 85.3 cm³/mol. The lowest BCUT2D eigenvalue weighted by Gasteiger charge is -2.06. The van der Waals surface area contributed by atoms with Gasteiger partial charge in [0.1, 0.15) is 11.6 Å². The van der Waals surface area contributed by atoms with E-state index in [1.807, 2.05) is 0 Å². The van der Waals surface area contributed by atoms with Gasteiger partial charge in [-0.3, -0.25) is 10.1 Å². The van der Waals surface area contributed by atoms with Crippen LogP contribution in [0.1, 0.15) is 0 Å². The first-order valence-electron chi connectivity index (χ1n) is 6.88. The molecule has 0 bridgehead atoms. The monoisotopic (exact) mass is 347 g/mol. The lowest BCUT2D eigenvalue weighted by molar-refractivity contribution is -0.118. The van der Waals surface area contributed by atoms with Gasteiger partial charge in [0.05, 0.1) is 5.02 Å². The molecule has 3 aromatic rings. The number of anilines is 1. The number of aromatic nitrogens is 2. The molecule has 1 amide bonds. The summed E-state index contributed by atoms with van der Waals surface area (Å²) in [6.07, 6.45) is 0. The Morgan fingerprint density at radius 2 is 1.96 bits per heavy atom. The Morgan fingerprint density at radius 1 is 1.21 bits per heavy atom. The fraction of sp³-hybridized carbons (Fsp3) is 0.0625. The van der Waals surface area contributed by atoms with E-state index in [-0.39, 0.29) is 24.3 Å². The normalized spacial score (nSPS) is 10.4. The molecule has 0 fully saturated rings. The van der Waals surface area contributed by atoms with E-state index in [0.29, 0.717) is 16.3 Å². The summed E-state index contributed by atoms with van der Waals surface area (Å²) in [5, 5.41) is 6.48. The lowest BCUT2D eigenvalue weighted by atomic mass is 10.2. The first-order valence-corrected chi connectivity index (χ1v) is 7.26. The molecule has 0 aliphatic heterocycles. The topological polar surface area (TPSA) is 77.2 Å². The highest BCUT2D eigenvalue weighted by molar-refractivity contribution is 6.32. The van der Waals surface area contributed by atoms with Crippen molar-refractivity contribution < 1.29 is 18.4 Å². The summed E-state index contributed by atoms with van der Waals surface area (Å²) < 4.78 is 23.2. The second-order valence-electron chi connectivity index (χ2n) is 4.70. The van der Waals surface area contributed by atoms with Gasteiger partial charge in [-0.2, -0.15) is 4.98 Å². The summed E-state index contributed by atoms with van der Waals surface area (Å²) in [4.78, 5) is 15.8. The van der Waals surface area contributed by atoms with Crippen LogP contribution in [0.4, 0.5) is 10.3 Å². The maximum Gasteiger partial charge on any atom is 0.270 e. The van der Waals surface area contributed by atoms with Crippen molar-refractivity contribution in [1.29, 1.82) is 0 Å². The Morgan fingerprint density at radius 3 is 2.71 bits per heavy atom. The van der Waals surface area contributed by atoms with E-state index in [1.165, 1.54) is 24.3 Å². The van der Waals surface area contributed by atoms with Gasteiger partial charge in [-0.1, -0.05) is 23.7 Å². The molecule has 1 N–H and O–H groups in total. The molecule has 3 rings (SSSR count). The quantitative estimate of drug-likeness (QED) is 0.763. The molecule has 0 unspecified atom stereocenters. The molecule has 0 saturated heterocycles. The van der Waals surface area contributed by atoms with Crippen molar-refractivity contribution in [2.45, 2.75) is 0 Å². The number of halogens is 2. The van der Waals surface area contributed by atoms with Gasteiger partial charge >= 0.3 is 0 Å². The Balaban J connectivity index is 1.59. The number of rotatable bonds is 5. The molecule has 0 aliphatic carbocycles. The van der Waals surface area contributed by atoms with E-state index < -0.39 is 5.91 Å². The number of nitrogens with one attached hydrogen (secondary N) is 1. The van der Waals surface area contributed by atoms with Crippen molar-refractivity contribution >= 4 is 23.5 Å². The van der Waals surface area contributed by atoms with E-state index >= 15 is 0 Å². The van der Waals surface area contributed by atoms with Crippen LogP contribution in [0.2, 0.25) is 5.02 Å². The van der Waals surface area contributed by atoms with Crippen molar-refractivity contribution in [1.82, 2.24) is 10.1 Å². The molecule has 24 heavy (non-hydrogen) atoms. The number of carbonyl (C=O) groups is 1. The van der Waals surface area contributed by atoms with Crippen LogP contribution in [0.25, 0.3) is 11.5 Å². The van der Waals surface area contributed by atoms with Gasteiger partial charge in [-0.25, -0.2) is 4.39 Å². The van der Waals surface area contributed by atoms with Crippen LogP contribution in [0.3, 0.4) is 0 Å². The molecule has 0 radical (unpaired) electrons. The predicted octanol–water partition coefficient (Wildman–Crippen LogP) is 3.55. The van der Waals surface area contributed by atoms with Gasteiger partial charge in [-0.05, 0) is 41.6 Å². The van der Waals surface area contributed by atoms with Crippen LogP contribution in [0.15, 0.2) is 53.1 Å². The third-order valence-corrected chi connectivity index (χ3v) is 3.28. The van der Waals surface area contributed by atoms with Gasteiger partial charge in [0.25, 0.3) is 17.7 Å². The minimum atomic E-state index is -0.471. The molecule has 1 aromatic heterocycles. The second kappa shape index (κ2) is 7.10. The van der Waals surface area contributed by atoms with Gasteiger partial charge < -0.3 is 9.26 Å². The minimum absolute atomic E-state index is 0.0120. The SMILES string of the molecule is O=C(COc1ccccc1Cl)Nc1noc(-c2ccc(F)cc2)n1. The molecule has 8 heteroatoms. The van der Waals surface area contributed by atoms with Gasteiger partial charge in [0, 0.05) is 5.56 Å². The summed E-state index contributed by atoms with van der Waals surface area (Å²) in [5.74, 6) is -0.293. The lowest BCUT2D eigenvalue weighted by Crippen LogP contribution is -2.20. The fourth-order valence-corrected chi connectivity index (χ4v) is 2.04. The fourth-order valence-electron chi connectivity index (χ4n) is 1.85. The maximum absolute atomic E-state index is 12.9. The summed E-state index contributed by atoms with van der Waals surface area (Å²) in [5.41, 5.74) is 0.539. The van der Waals surface area contributed by atoms with E-state index in [1.54, 1.807) is 24.3 Å². The number of hydrogen-bond acceptors (Lipinski definition) is 5. The molecular weight excluding hydrogens is 337 g/mol. The molecule has 6 nitrogen and oxygen atoms in total. The Kier molecular flexibility index (Phi) is 4.72. The van der Waals surface area contributed by atoms with E-state index in [0.717, 1.165) is 0 Å². The highest BCUT2D eigenvalue weighted by Crippen LogP contribution is 2.23. The first kappa shape index (κ1) is 15.9. The zero-order valence-corrected chi connectivity index (χ0v) is 13.0. The smallest absolute Gasteiger partial charge is 0.270 e. The number of nitrogens with zero attached hydrogens (tertiary/aromatic N) is 2. The Hall–Kier alpha value is -2.93. The standard InChI is InChI=1S/C16H11ClFN3O3/c17-12-3-1-2-4-13(12)23-9-14(22)19-16-20-15(24-21-16)10-5-7-11(18)8-6-10/h1-8H,9H2,(H,19,21,22). The Labute approximate surface area is 141 Å². The third kappa shape index (κ3) is 3.88. The number of carbonyl (C=O) groups excluding carboxylic acids is 1. The minimum Gasteiger partial charge on any atom is -0.482 e. The maximum atomic E-state index is 12.9. The molecule has 0 spiro atoms. The molecule has 0 aliphatic rings. The number of para-hydroxylation sites is 1. The van der Waals surface area contributed by atoms with Crippen LogP contribution in [0.5, 0.6) is 5.75 Å². The molecule has 122 valence electrons. The summed E-state index contributed by atoms with van der Waals surface area (Å²) >= 11 is 5.93. The van der Waals surface area contributed by atoms with E-state index in [4.69, 9.17) is 20.9 Å². The van der Waals surface area contributed by atoms with Gasteiger partial charge in [-0.15, -0.1) is 0 Å². The molecule has 0 atom stereocenters. The number of ether oxygens (including phenoxy) is 1. The number of benzene rings is 2. The average molecular weight is 348 g/mol. The average Bonchev–Trinajstić information content (AvgIpc) is 3.03. The van der Waals surface area contributed by atoms with Crippen LogP contribution < -0.4 is 10.1 Å². The Bertz CT molecular complexity index is 852. The van der Waals surface area contributed by atoms with Crippen molar-refractivity contribution in [3.63, 3.8) is 0 Å². The molecular formula is C16H11ClFN3O3. The van der Waals surface area contributed by atoms with Crippen LogP contribution in [0, 0.1) is 5.82 Å². The third-order valence-electron chi connectivity index (χ3n) is 2.96. The molecule has 0 saturated carbocycles. The highest BCUT2D eigenvalue weighted by Gasteiger charge is 2.12. The van der Waals surface area contributed by atoms with Crippen LogP contribution in [-0.4, -0.2) is 22.7 Å². The zero-order valence-electron chi connectivity index (χ0n) is 12.2. The van der Waals surface area contributed by atoms with Crippen LogP contribution >= 0.6 is 11.6 Å². The first-order chi connectivity index (χ1) is 11.6. The zero-order chi connectivity index (χ0) is 16.9. The second-order valence-corrected chi connectivity index (χ2v) is 5.10. The van der Waals surface area contributed by atoms with E-state index in [2.05, 4.69) is 15.5 Å². The van der Waals surface area contributed by atoms with Crippen molar-refractivity contribution in [3.8, 4) is 17.2 Å². The molecule has 2 aromatic carbocycles. The van der Waals surface area contributed by atoms with Crippen molar-refractivity contribution in [2.24, 2.45) is 0 Å². The summed E-state index contributed by atoms with van der Waals surface area (Å²) in [6.45, 7) is -0.260. The summed E-state index contributed by atoms with van der Waals surface area (Å²) in [6, 6.07) is 12.3. The number of amides is 1. The van der Waals surface area contributed by atoms with Crippen molar-refractivity contribution in [2.75, 3.05) is 11.9 Å². The highest BCUT2D eigenvalue weighted by atomic mass is 35.5. The van der Waals surface area contributed by atoms with Crippen LogP contribution in [-0.2, 0) is 4.79 Å². The van der Waals surface area contributed by atoms with E-state index in [9.17, 15) is 9.18 Å². The number of hydrogen-bond donors (Lipinski definition) is 1. The largest absolute Gasteiger partial charge is 0.482 e.